The molecule has 256 valence electrons. The number of fused-ring (bicyclic) bond motifs is 9. The highest BCUT2D eigenvalue weighted by molar-refractivity contribution is 7.26. The van der Waals surface area contributed by atoms with Crippen LogP contribution in [0.3, 0.4) is 0 Å². The summed E-state index contributed by atoms with van der Waals surface area (Å²) in [5, 5.41) is 10.5. The van der Waals surface area contributed by atoms with Gasteiger partial charge in [-0.15, -0.1) is 22.7 Å². The van der Waals surface area contributed by atoms with E-state index in [1.54, 1.807) is 0 Å². The van der Waals surface area contributed by atoms with E-state index in [1.807, 2.05) is 22.7 Å². The van der Waals surface area contributed by atoms with Crippen LogP contribution in [0.4, 0.5) is 0 Å². The molecule has 1 aliphatic carbocycles. The molecule has 0 radical (unpaired) electrons. The lowest BCUT2D eigenvalue weighted by Crippen LogP contribution is -2.16. The van der Waals surface area contributed by atoms with Gasteiger partial charge in [0.05, 0.1) is 0 Å². The molecule has 1 aliphatic rings. The van der Waals surface area contributed by atoms with Crippen LogP contribution in [-0.4, -0.2) is 0 Å². The van der Waals surface area contributed by atoms with Crippen LogP contribution in [0.25, 0.3) is 89.7 Å². The number of thiophene rings is 2. The maximum atomic E-state index is 4.40. The summed E-state index contributed by atoms with van der Waals surface area (Å²) in [6.07, 6.45) is 2.11. The summed E-state index contributed by atoms with van der Waals surface area (Å²) in [4.78, 5) is 0. The molecule has 2 aromatic heterocycles. The molecule has 0 bridgehead atoms. The molecular formula is C52H36S2. The molecule has 54 heavy (non-hydrogen) atoms. The third-order valence-electron chi connectivity index (χ3n) is 12.0. The lowest BCUT2D eigenvalue weighted by Gasteiger charge is -2.24. The predicted octanol–water partition coefficient (Wildman–Crippen LogP) is 15.7. The second-order valence-corrected chi connectivity index (χ2v) is 17.5. The van der Waals surface area contributed by atoms with Crippen LogP contribution in [0.15, 0.2) is 164 Å². The van der Waals surface area contributed by atoms with Crippen LogP contribution in [-0.2, 0) is 5.41 Å². The van der Waals surface area contributed by atoms with Crippen LogP contribution >= 0.6 is 22.7 Å². The Hall–Kier alpha value is -5.80. The average molecular weight is 725 g/mol. The van der Waals surface area contributed by atoms with Crippen LogP contribution in [0.2, 0.25) is 0 Å². The summed E-state index contributed by atoms with van der Waals surface area (Å²) in [5.41, 5.74) is 12.8. The Morgan fingerprint density at radius 2 is 0.944 bits per heavy atom. The van der Waals surface area contributed by atoms with E-state index in [2.05, 4.69) is 179 Å². The van der Waals surface area contributed by atoms with Gasteiger partial charge in [0.2, 0.25) is 0 Å². The van der Waals surface area contributed by atoms with Gasteiger partial charge in [0.15, 0.2) is 0 Å². The van der Waals surface area contributed by atoms with Gasteiger partial charge in [-0.05, 0) is 121 Å². The first-order valence-corrected chi connectivity index (χ1v) is 20.3. The van der Waals surface area contributed by atoms with Crippen molar-refractivity contribution in [2.45, 2.75) is 26.2 Å². The molecule has 10 aromatic rings. The van der Waals surface area contributed by atoms with Gasteiger partial charge in [-0.25, -0.2) is 0 Å². The fraction of sp³-hybridized carbons (Fsp3) is 0.0769. The summed E-state index contributed by atoms with van der Waals surface area (Å²) in [6, 6.07) is 54.7. The van der Waals surface area contributed by atoms with Crippen molar-refractivity contribution >= 4 is 90.1 Å². The Balaban J connectivity index is 1.12. The Bertz CT molecular complexity index is 3210. The van der Waals surface area contributed by atoms with E-state index in [4.69, 9.17) is 0 Å². The SMILES string of the molecule is C=CC1=C(c2cc3sc4ccccc4c3cc2C)c2ccc(-c3c4ccccc4c(-c4ccc5c(c4)sc4ccccc45)c4ccccc34)cc2C1(C)C. The van der Waals surface area contributed by atoms with Crippen molar-refractivity contribution in [3.63, 3.8) is 0 Å². The molecular weight excluding hydrogens is 689 g/mol. The van der Waals surface area contributed by atoms with Crippen LogP contribution in [0.1, 0.15) is 36.1 Å². The minimum Gasteiger partial charge on any atom is -0.135 e. The summed E-state index contributed by atoms with van der Waals surface area (Å²) in [5.74, 6) is 0. The highest BCUT2D eigenvalue weighted by atomic mass is 32.1. The van der Waals surface area contributed by atoms with Gasteiger partial charge in [0, 0.05) is 45.8 Å². The first-order valence-electron chi connectivity index (χ1n) is 18.7. The predicted molar refractivity (Wildman–Crippen MR) is 239 cm³/mol. The molecule has 11 rings (SSSR count). The van der Waals surface area contributed by atoms with Gasteiger partial charge in [0.25, 0.3) is 0 Å². The molecule has 0 amide bonds. The molecule has 0 saturated carbocycles. The van der Waals surface area contributed by atoms with Gasteiger partial charge < -0.3 is 0 Å². The van der Waals surface area contributed by atoms with Crippen molar-refractivity contribution in [3.8, 4) is 22.3 Å². The Kier molecular flexibility index (Phi) is 6.81. The van der Waals surface area contributed by atoms with Crippen molar-refractivity contribution in [3.05, 3.63) is 186 Å². The van der Waals surface area contributed by atoms with Crippen molar-refractivity contribution in [1.29, 1.82) is 0 Å². The quantitative estimate of drug-likeness (QED) is 0.159. The van der Waals surface area contributed by atoms with Gasteiger partial charge >= 0.3 is 0 Å². The Morgan fingerprint density at radius 1 is 0.463 bits per heavy atom. The highest BCUT2D eigenvalue weighted by Gasteiger charge is 2.38. The number of hydrogen-bond donors (Lipinski definition) is 0. The van der Waals surface area contributed by atoms with Crippen molar-refractivity contribution in [2.75, 3.05) is 0 Å². The Morgan fingerprint density at radius 3 is 1.54 bits per heavy atom. The lowest BCUT2D eigenvalue weighted by atomic mass is 9.79. The first-order chi connectivity index (χ1) is 26.4. The van der Waals surface area contributed by atoms with Gasteiger partial charge in [-0.1, -0.05) is 136 Å². The standard InChI is InChI=1S/C52H36S2/c1-5-43-51(41-29-48-42(26-30(41)2)34-15-11-13-21-46(34)54-48)40-25-23-31(27-44(40)52(43,3)4)49-36-16-6-8-18-38(36)50(39-19-9-7-17-37(39)49)32-22-24-35-33-14-10-12-20-45(33)53-47(35)28-32/h5-29H,1H2,2-4H3. The topological polar surface area (TPSA) is 0 Å². The fourth-order valence-electron chi connectivity index (χ4n) is 9.47. The number of allylic oxidation sites excluding steroid dienone is 2. The number of rotatable bonds is 4. The molecule has 8 aromatic carbocycles. The van der Waals surface area contributed by atoms with Gasteiger partial charge in [-0.3, -0.25) is 0 Å². The maximum absolute atomic E-state index is 4.40. The van der Waals surface area contributed by atoms with Crippen LogP contribution in [0.5, 0.6) is 0 Å². The summed E-state index contributed by atoms with van der Waals surface area (Å²) in [6.45, 7) is 11.4. The minimum atomic E-state index is -0.213. The largest absolute Gasteiger partial charge is 0.135 e. The number of aryl methyl sites for hydroxylation is 1. The molecule has 0 fully saturated rings. The van der Waals surface area contributed by atoms with E-state index in [9.17, 15) is 0 Å². The van der Waals surface area contributed by atoms with Crippen LogP contribution in [0, 0.1) is 6.92 Å². The van der Waals surface area contributed by atoms with Crippen molar-refractivity contribution < 1.29 is 0 Å². The summed E-state index contributed by atoms with van der Waals surface area (Å²) < 4.78 is 5.34. The smallest absolute Gasteiger partial charge is 0.0361 e. The second kappa shape index (κ2) is 11.6. The van der Waals surface area contributed by atoms with Crippen LogP contribution < -0.4 is 0 Å². The third-order valence-corrected chi connectivity index (χ3v) is 14.3. The van der Waals surface area contributed by atoms with Crippen molar-refractivity contribution in [2.24, 2.45) is 0 Å². The highest BCUT2D eigenvalue weighted by Crippen LogP contribution is 2.53. The molecule has 0 N–H and O–H groups in total. The molecule has 0 unspecified atom stereocenters. The van der Waals surface area contributed by atoms with E-state index in [0.29, 0.717) is 0 Å². The Labute approximate surface area is 323 Å². The van der Waals surface area contributed by atoms with E-state index in [0.717, 1.165) is 0 Å². The number of benzene rings is 8. The summed E-state index contributed by atoms with van der Waals surface area (Å²) in [7, 11) is 0. The van der Waals surface area contributed by atoms with E-state index in [1.165, 1.54) is 118 Å². The summed E-state index contributed by atoms with van der Waals surface area (Å²) >= 11 is 3.77. The van der Waals surface area contributed by atoms with Gasteiger partial charge in [0.1, 0.15) is 0 Å². The maximum Gasteiger partial charge on any atom is 0.0361 e. The normalized spacial score (nSPS) is 14.0. The molecule has 2 heteroatoms. The molecule has 2 heterocycles. The zero-order valence-electron chi connectivity index (χ0n) is 30.5. The van der Waals surface area contributed by atoms with E-state index < -0.39 is 0 Å². The molecule has 0 atom stereocenters. The molecule has 0 nitrogen and oxygen atoms in total. The molecule has 0 spiro atoms. The van der Waals surface area contributed by atoms with E-state index >= 15 is 0 Å². The third kappa shape index (κ3) is 4.42. The lowest BCUT2D eigenvalue weighted by molar-refractivity contribution is 0.655. The molecule has 0 saturated heterocycles. The van der Waals surface area contributed by atoms with Gasteiger partial charge in [-0.2, -0.15) is 0 Å². The zero-order chi connectivity index (χ0) is 36.3. The minimum absolute atomic E-state index is 0.213. The van der Waals surface area contributed by atoms with Crippen molar-refractivity contribution in [1.82, 2.24) is 0 Å². The van der Waals surface area contributed by atoms with E-state index in [-0.39, 0.29) is 5.41 Å². The monoisotopic (exact) mass is 724 g/mol. The first kappa shape index (κ1) is 31.7. The molecule has 0 aliphatic heterocycles. The second-order valence-electron chi connectivity index (χ2n) is 15.3. The number of hydrogen-bond acceptors (Lipinski definition) is 2. The zero-order valence-corrected chi connectivity index (χ0v) is 32.1. The fourth-order valence-corrected chi connectivity index (χ4v) is 11.7. The average Bonchev–Trinajstić information content (AvgIpc) is 3.82.